The number of carbonyl (C=O) groups is 2. The molecule has 3 rings (SSSR count). The second-order valence-corrected chi connectivity index (χ2v) is 5.95. The molecule has 26 heavy (non-hydrogen) atoms. The van der Waals surface area contributed by atoms with E-state index in [1.54, 1.807) is 43.7 Å². The summed E-state index contributed by atoms with van der Waals surface area (Å²) in [5, 5.41) is 2.59. The Kier molecular flexibility index (Phi) is 5.12. The second kappa shape index (κ2) is 7.65. The van der Waals surface area contributed by atoms with Crippen molar-refractivity contribution in [1.82, 2.24) is 19.8 Å². The van der Waals surface area contributed by atoms with Crippen molar-refractivity contribution in [2.75, 3.05) is 14.1 Å². The highest BCUT2D eigenvalue weighted by atomic mass is 16.2. The van der Waals surface area contributed by atoms with Crippen LogP contribution in [0.5, 0.6) is 0 Å². The van der Waals surface area contributed by atoms with Gasteiger partial charge in [0.25, 0.3) is 11.8 Å². The molecule has 2 aromatic carbocycles. The predicted molar refractivity (Wildman–Crippen MR) is 99.2 cm³/mol. The molecule has 1 aromatic heterocycles. The Balaban J connectivity index is 1.66. The van der Waals surface area contributed by atoms with Gasteiger partial charge in [-0.2, -0.15) is 0 Å². The molecule has 0 atom stereocenters. The van der Waals surface area contributed by atoms with E-state index in [4.69, 9.17) is 0 Å². The number of amides is 2. The Hall–Kier alpha value is -3.41. The van der Waals surface area contributed by atoms with E-state index in [2.05, 4.69) is 10.3 Å². The molecular weight excluding hydrogens is 328 g/mol. The molecule has 3 aromatic rings. The minimum atomic E-state index is -0.126. The third-order valence-corrected chi connectivity index (χ3v) is 4.13. The number of aromatic nitrogens is 2. The zero-order valence-electron chi connectivity index (χ0n) is 14.7. The number of imidazole rings is 1. The first-order chi connectivity index (χ1) is 12.6. The van der Waals surface area contributed by atoms with Gasteiger partial charge in [-0.05, 0) is 42.0 Å². The molecule has 6 nitrogen and oxygen atoms in total. The lowest BCUT2D eigenvalue weighted by Crippen LogP contribution is -2.26. The fraction of sp³-hybridized carbons (Fsp3) is 0.150. The highest BCUT2D eigenvalue weighted by Crippen LogP contribution is 2.13. The van der Waals surface area contributed by atoms with Gasteiger partial charge in [0.05, 0.1) is 6.33 Å². The first-order valence-electron chi connectivity index (χ1n) is 8.23. The molecule has 6 heteroatoms. The first-order valence-corrected chi connectivity index (χ1v) is 8.23. The highest BCUT2D eigenvalue weighted by molar-refractivity contribution is 5.94. The average Bonchev–Trinajstić information content (AvgIpc) is 3.22. The van der Waals surface area contributed by atoms with E-state index in [-0.39, 0.29) is 11.8 Å². The molecule has 0 spiro atoms. The molecule has 0 aliphatic rings. The molecule has 0 bridgehead atoms. The van der Waals surface area contributed by atoms with Crippen molar-refractivity contribution in [3.05, 3.63) is 83.9 Å². The SMILES string of the molecule is CNC(=O)c1ccc(CN(C)C(=O)c2ccc(-n3ccnc3)cc2)cc1. The van der Waals surface area contributed by atoms with E-state index in [0.29, 0.717) is 17.7 Å². The Morgan fingerprint density at radius 2 is 1.69 bits per heavy atom. The monoisotopic (exact) mass is 348 g/mol. The fourth-order valence-electron chi connectivity index (χ4n) is 2.66. The number of benzene rings is 2. The highest BCUT2D eigenvalue weighted by Gasteiger charge is 2.12. The standard InChI is InChI=1S/C20H20N4O2/c1-21-19(25)16-5-3-15(4-6-16)13-23(2)20(26)17-7-9-18(10-8-17)24-12-11-22-14-24/h3-12,14H,13H2,1-2H3,(H,21,25). The number of hydrogen-bond donors (Lipinski definition) is 1. The van der Waals surface area contributed by atoms with Gasteiger partial charge in [0.1, 0.15) is 0 Å². The minimum Gasteiger partial charge on any atom is -0.355 e. The van der Waals surface area contributed by atoms with E-state index in [1.807, 2.05) is 47.2 Å². The lowest BCUT2D eigenvalue weighted by molar-refractivity contribution is 0.0784. The van der Waals surface area contributed by atoms with Gasteiger partial charge in [-0.3, -0.25) is 9.59 Å². The summed E-state index contributed by atoms with van der Waals surface area (Å²) in [5.74, 6) is -0.184. The summed E-state index contributed by atoms with van der Waals surface area (Å²) in [6.45, 7) is 0.468. The van der Waals surface area contributed by atoms with Gasteiger partial charge in [-0.1, -0.05) is 12.1 Å². The Morgan fingerprint density at radius 1 is 1.04 bits per heavy atom. The molecule has 0 saturated carbocycles. The smallest absolute Gasteiger partial charge is 0.253 e. The summed E-state index contributed by atoms with van der Waals surface area (Å²) in [5.41, 5.74) is 3.13. The van der Waals surface area contributed by atoms with Gasteiger partial charge in [-0.25, -0.2) is 4.98 Å². The van der Waals surface area contributed by atoms with Crippen LogP contribution in [-0.2, 0) is 6.54 Å². The zero-order valence-corrected chi connectivity index (χ0v) is 14.7. The van der Waals surface area contributed by atoms with Crippen molar-refractivity contribution in [1.29, 1.82) is 0 Å². The molecule has 132 valence electrons. The maximum absolute atomic E-state index is 12.6. The third kappa shape index (κ3) is 3.80. The lowest BCUT2D eigenvalue weighted by Gasteiger charge is -2.18. The summed E-state index contributed by atoms with van der Waals surface area (Å²) < 4.78 is 1.88. The van der Waals surface area contributed by atoms with Crippen molar-refractivity contribution in [3.63, 3.8) is 0 Å². The molecule has 0 saturated heterocycles. The normalized spacial score (nSPS) is 10.4. The average molecular weight is 348 g/mol. The molecule has 1 N–H and O–H groups in total. The fourth-order valence-corrected chi connectivity index (χ4v) is 2.66. The quantitative estimate of drug-likeness (QED) is 0.770. The van der Waals surface area contributed by atoms with Crippen LogP contribution in [0.2, 0.25) is 0 Å². The van der Waals surface area contributed by atoms with Crippen LogP contribution in [0.15, 0.2) is 67.3 Å². The zero-order chi connectivity index (χ0) is 18.5. The molecular formula is C20H20N4O2. The van der Waals surface area contributed by atoms with E-state index < -0.39 is 0 Å². The number of nitrogens with zero attached hydrogens (tertiary/aromatic N) is 3. The van der Waals surface area contributed by atoms with E-state index in [0.717, 1.165) is 11.3 Å². The summed E-state index contributed by atoms with van der Waals surface area (Å²) in [4.78, 5) is 29.9. The first kappa shape index (κ1) is 17.4. The predicted octanol–water partition coefficient (Wildman–Crippen LogP) is 2.50. The molecule has 0 aliphatic carbocycles. The van der Waals surface area contributed by atoms with Crippen LogP contribution in [-0.4, -0.2) is 40.4 Å². The number of rotatable bonds is 5. The summed E-state index contributed by atoms with van der Waals surface area (Å²) in [7, 11) is 3.36. The Bertz CT molecular complexity index is 885. The molecule has 0 fully saturated rings. The number of hydrogen-bond acceptors (Lipinski definition) is 3. The van der Waals surface area contributed by atoms with Crippen molar-refractivity contribution in [3.8, 4) is 5.69 Å². The van der Waals surface area contributed by atoms with Gasteiger partial charge in [-0.15, -0.1) is 0 Å². The van der Waals surface area contributed by atoms with E-state index in [1.165, 1.54) is 0 Å². The van der Waals surface area contributed by atoms with Gasteiger partial charge in [0.15, 0.2) is 0 Å². The van der Waals surface area contributed by atoms with Gasteiger partial charge in [0, 0.05) is 49.8 Å². The summed E-state index contributed by atoms with van der Waals surface area (Å²) >= 11 is 0. The van der Waals surface area contributed by atoms with Crippen LogP contribution >= 0.6 is 0 Å². The van der Waals surface area contributed by atoms with Gasteiger partial charge < -0.3 is 14.8 Å². The van der Waals surface area contributed by atoms with Gasteiger partial charge >= 0.3 is 0 Å². The van der Waals surface area contributed by atoms with Crippen LogP contribution in [0.4, 0.5) is 0 Å². The van der Waals surface area contributed by atoms with E-state index in [9.17, 15) is 9.59 Å². The molecule has 0 aliphatic heterocycles. The van der Waals surface area contributed by atoms with Crippen molar-refractivity contribution in [2.45, 2.75) is 6.54 Å². The maximum Gasteiger partial charge on any atom is 0.253 e. The Morgan fingerprint density at radius 3 is 2.27 bits per heavy atom. The van der Waals surface area contributed by atoms with Crippen LogP contribution < -0.4 is 5.32 Å². The largest absolute Gasteiger partial charge is 0.355 e. The summed E-state index contributed by atoms with van der Waals surface area (Å²) in [6, 6.07) is 14.6. The van der Waals surface area contributed by atoms with Crippen LogP contribution in [0, 0.1) is 0 Å². The lowest BCUT2D eigenvalue weighted by atomic mass is 10.1. The molecule has 0 radical (unpaired) electrons. The van der Waals surface area contributed by atoms with Gasteiger partial charge in [0.2, 0.25) is 0 Å². The Labute approximate surface area is 152 Å². The summed E-state index contributed by atoms with van der Waals surface area (Å²) in [6.07, 6.45) is 5.28. The topological polar surface area (TPSA) is 67.2 Å². The van der Waals surface area contributed by atoms with Crippen molar-refractivity contribution < 1.29 is 9.59 Å². The van der Waals surface area contributed by atoms with Crippen LogP contribution in [0.25, 0.3) is 5.69 Å². The van der Waals surface area contributed by atoms with E-state index >= 15 is 0 Å². The minimum absolute atomic E-state index is 0.0578. The van der Waals surface area contributed by atoms with Crippen molar-refractivity contribution in [2.24, 2.45) is 0 Å². The van der Waals surface area contributed by atoms with Crippen LogP contribution in [0.3, 0.4) is 0 Å². The molecule has 2 amide bonds. The number of nitrogens with one attached hydrogen (secondary N) is 1. The van der Waals surface area contributed by atoms with Crippen molar-refractivity contribution >= 4 is 11.8 Å². The molecule has 1 heterocycles. The third-order valence-electron chi connectivity index (χ3n) is 4.13. The number of carbonyl (C=O) groups excluding carboxylic acids is 2. The van der Waals surface area contributed by atoms with Crippen LogP contribution in [0.1, 0.15) is 26.3 Å². The molecule has 0 unspecified atom stereocenters. The second-order valence-electron chi connectivity index (χ2n) is 5.95. The maximum atomic E-state index is 12.6.